The van der Waals surface area contributed by atoms with E-state index in [4.69, 9.17) is 15.3 Å². The molecule has 0 aliphatic carbocycles. The van der Waals surface area contributed by atoms with Crippen LogP contribution in [0.5, 0.6) is 0 Å². The minimum absolute atomic E-state index is 0.128. The normalized spacial score (nSPS) is 13.1. The van der Waals surface area contributed by atoms with Crippen molar-refractivity contribution in [1.29, 1.82) is 0 Å². The predicted octanol–water partition coefficient (Wildman–Crippen LogP) is -1.35. The Morgan fingerprint density at radius 1 is 1.42 bits per heavy atom. The van der Waals surface area contributed by atoms with Crippen LogP contribution in [-0.2, 0) is 9.53 Å². The lowest BCUT2D eigenvalue weighted by Gasteiger charge is -2.12. The fraction of sp³-hybridized carbons (Fsp3) is 0.857. The van der Waals surface area contributed by atoms with E-state index in [0.29, 0.717) is 0 Å². The van der Waals surface area contributed by atoms with Crippen LogP contribution in [-0.4, -0.2) is 46.7 Å². The van der Waals surface area contributed by atoms with Crippen LogP contribution in [0, 0.1) is 0 Å². The van der Waals surface area contributed by atoms with Crippen LogP contribution in [0.4, 0.5) is 0 Å². The van der Waals surface area contributed by atoms with Crippen LogP contribution in [0.3, 0.4) is 0 Å². The molecule has 5 nitrogen and oxygen atoms in total. The van der Waals surface area contributed by atoms with Crippen molar-refractivity contribution >= 4 is 5.97 Å². The number of carbonyl (C=O) groups excluding carboxylic acids is 1. The number of hydrogen-bond acceptors (Lipinski definition) is 5. The van der Waals surface area contributed by atoms with E-state index < -0.39 is 31.4 Å². The van der Waals surface area contributed by atoms with Crippen molar-refractivity contribution < 1.29 is 24.9 Å². The summed E-state index contributed by atoms with van der Waals surface area (Å²) < 4.78 is 4.56. The van der Waals surface area contributed by atoms with E-state index in [1.807, 2.05) is 0 Å². The van der Waals surface area contributed by atoms with Gasteiger partial charge >= 0.3 is 5.97 Å². The summed E-state index contributed by atoms with van der Waals surface area (Å²) in [5, 5.41) is 25.8. The van der Waals surface area contributed by atoms with E-state index in [-0.39, 0.29) is 6.42 Å². The molecule has 0 aromatic carbocycles. The number of ether oxygens (including phenoxy) is 1. The monoisotopic (exact) mass is 178 g/mol. The quantitative estimate of drug-likeness (QED) is 0.453. The minimum atomic E-state index is -0.878. The molecule has 0 saturated carbocycles. The molecule has 0 spiro atoms. The van der Waals surface area contributed by atoms with Gasteiger partial charge in [-0.3, -0.25) is 4.79 Å². The van der Waals surface area contributed by atoms with Crippen LogP contribution in [0.2, 0.25) is 0 Å². The zero-order valence-electron chi connectivity index (χ0n) is 6.93. The average molecular weight is 178 g/mol. The van der Waals surface area contributed by atoms with Crippen LogP contribution in [0.15, 0.2) is 0 Å². The zero-order valence-corrected chi connectivity index (χ0v) is 6.93. The molecule has 0 aromatic rings. The molecule has 0 aliphatic heterocycles. The van der Waals surface area contributed by atoms with Crippen molar-refractivity contribution in [2.75, 3.05) is 13.2 Å². The van der Waals surface area contributed by atoms with Gasteiger partial charge in [0.05, 0.1) is 25.7 Å². The Morgan fingerprint density at radius 3 is 2.25 bits per heavy atom. The maximum absolute atomic E-state index is 10.8. The summed E-state index contributed by atoms with van der Waals surface area (Å²) in [5.41, 5.74) is 0. The second-order valence-electron chi connectivity index (χ2n) is 2.53. The molecule has 0 bridgehead atoms. The Kier molecular flexibility index (Phi) is 5.61. The summed E-state index contributed by atoms with van der Waals surface area (Å²) in [5.74, 6) is -0.627. The summed E-state index contributed by atoms with van der Waals surface area (Å²) in [7, 11) is 0. The van der Waals surface area contributed by atoms with Gasteiger partial charge in [0.25, 0.3) is 0 Å². The fourth-order valence-electron chi connectivity index (χ4n) is 0.607. The molecule has 72 valence electrons. The molecule has 0 radical (unpaired) electrons. The number of aliphatic hydroxyl groups is 3. The number of hydrogen-bond donors (Lipinski definition) is 3. The Labute approximate surface area is 70.6 Å². The van der Waals surface area contributed by atoms with Gasteiger partial charge in [-0.1, -0.05) is 0 Å². The van der Waals surface area contributed by atoms with Crippen molar-refractivity contribution in [2.45, 2.75) is 25.6 Å². The molecule has 0 fully saturated rings. The minimum Gasteiger partial charge on any atom is -0.457 e. The first-order valence-electron chi connectivity index (χ1n) is 3.69. The lowest BCUT2D eigenvalue weighted by Crippen LogP contribution is -2.27. The second kappa shape index (κ2) is 5.93. The molecule has 1 atom stereocenters. The summed E-state index contributed by atoms with van der Waals surface area (Å²) in [6.45, 7) is 0.623. The van der Waals surface area contributed by atoms with E-state index in [0.717, 1.165) is 0 Å². The predicted molar refractivity (Wildman–Crippen MR) is 40.3 cm³/mol. The van der Waals surface area contributed by atoms with Gasteiger partial charge < -0.3 is 20.1 Å². The highest BCUT2D eigenvalue weighted by molar-refractivity contribution is 5.70. The highest BCUT2D eigenvalue weighted by Gasteiger charge is 2.13. The van der Waals surface area contributed by atoms with Gasteiger partial charge in [-0.25, -0.2) is 0 Å². The van der Waals surface area contributed by atoms with Crippen molar-refractivity contribution in [3.05, 3.63) is 0 Å². The standard InChI is InChI=1S/C7H14O5/c1-5(10)2-7(11)12-6(3-8)4-9/h5-6,8-10H,2-4H2,1H3/t5-/m1/s1. The third-order valence-electron chi connectivity index (χ3n) is 1.17. The molecule has 0 aromatic heterocycles. The number of carbonyl (C=O) groups is 1. The van der Waals surface area contributed by atoms with Gasteiger partial charge in [-0.05, 0) is 6.92 Å². The molecular weight excluding hydrogens is 164 g/mol. The van der Waals surface area contributed by atoms with Crippen molar-refractivity contribution in [3.8, 4) is 0 Å². The maximum Gasteiger partial charge on any atom is 0.308 e. The topological polar surface area (TPSA) is 87.0 Å². The third-order valence-corrected chi connectivity index (χ3v) is 1.17. The Morgan fingerprint density at radius 2 is 1.92 bits per heavy atom. The van der Waals surface area contributed by atoms with E-state index in [2.05, 4.69) is 4.74 Å². The summed E-state index contributed by atoms with van der Waals surface area (Å²) in [6.07, 6.45) is -1.77. The largest absolute Gasteiger partial charge is 0.457 e. The number of esters is 1. The molecular formula is C7H14O5. The molecule has 3 N–H and O–H groups in total. The molecule has 0 heterocycles. The Balaban J connectivity index is 3.66. The summed E-state index contributed by atoms with van der Waals surface area (Å²) in [6, 6.07) is 0. The lowest BCUT2D eigenvalue weighted by molar-refractivity contribution is -0.155. The summed E-state index contributed by atoms with van der Waals surface area (Å²) in [4.78, 5) is 10.8. The van der Waals surface area contributed by atoms with Crippen LogP contribution in [0.25, 0.3) is 0 Å². The van der Waals surface area contributed by atoms with E-state index in [1.54, 1.807) is 0 Å². The highest BCUT2D eigenvalue weighted by Crippen LogP contribution is 1.97. The zero-order chi connectivity index (χ0) is 9.56. The third kappa shape index (κ3) is 5.06. The smallest absolute Gasteiger partial charge is 0.308 e. The number of aliphatic hydroxyl groups excluding tert-OH is 3. The van der Waals surface area contributed by atoms with Gasteiger partial charge in [0.1, 0.15) is 6.10 Å². The first-order valence-corrected chi connectivity index (χ1v) is 3.69. The molecule has 0 rings (SSSR count). The molecule has 0 saturated heterocycles. The van der Waals surface area contributed by atoms with E-state index in [1.165, 1.54) is 6.92 Å². The maximum atomic E-state index is 10.8. The molecule has 12 heavy (non-hydrogen) atoms. The Hall–Kier alpha value is -0.650. The second-order valence-corrected chi connectivity index (χ2v) is 2.53. The fourth-order valence-corrected chi connectivity index (χ4v) is 0.607. The van der Waals surface area contributed by atoms with Crippen molar-refractivity contribution in [1.82, 2.24) is 0 Å². The lowest BCUT2D eigenvalue weighted by atomic mass is 10.3. The average Bonchev–Trinajstić information content (AvgIpc) is 1.98. The van der Waals surface area contributed by atoms with Gasteiger partial charge in [0.2, 0.25) is 0 Å². The van der Waals surface area contributed by atoms with Gasteiger partial charge in [-0.2, -0.15) is 0 Å². The van der Waals surface area contributed by atoms with Crippen LogP contribution in [0.1, 0.15) is 13.3 Å². The highest BCUT2D eigenvalue weighted by atomic mass is 16.6. The van der Waals surface area contributed by atoms with Crippen molar-refractivity contribution in [3.63, 3.8) is 0 Å². The SMILES string of the molecule is C[C@@H](O)CC(=O)OC(CO)CO. The van der Waals surface area contributed by atoms with Crippen LogP contribution >= 0.6 is 0 Å². The molecule has 0 unspecified atom stereocenters. The Bertz CT molecular complexity index is 130. The number of rotatable bonds is 5. The molecule has 0 amide bonds. The molecule has 5 heteroatoms. The molecule has 0 aliphatic rings. The van der Waals surface area contributed by atoms with Gasteiger partial charge in [0.15, 0.2) is 0 Å². The first-order chi connectivity index (χ1) is 5.60. The first kappa shape index (κ1) is 11.4. The van der Waals surface area contributed by atoms with E-state index in [9.17, 15) is 4.79 Å². The van der Waals surface area contributed by atoms with E-state index >= 15 is 0 Å². The van der Waals surface area contributed by atoms with Crippen LogP contribution < -0.4 is 0 Å². The van der Waals surface area contributed by atoms with Gasteiger partial charge in [0, 0.05) is 0 Å². The summed E-state index contributed by atoms with van der Waals surface area (Å²) >= 11 is 0. The van der Waals surface area contributed by atoms with Gasteiger partial charge in [-0.15, -0.1) is 0 Å². The van der Waals surface area contributed by atoms with Crippen molar-refractivity contribution in [2.24, 2.45) is 0 Å².